The maximum Gasteiger partial charge on any atom is 0.308 e. The molecular weight excluding hydrogens is 220 g/mol. The molecule has 0 saturated carbocycles. The van der Waals surface area contributed by atoms with Crippen molar-refractivity contribution in [3.8, 4) is 0 Å². The zero-order valence-corrected chi connectivity index (χ0v) is 9.36. The Morgan fingerprint density at radius 3 is 3.00 bits per heavy atom. The predicted octanol–water partition coefficient (Wildman–Crippen LogP) is 1.15. The molecule has 84 valence electrons. The van der Waals surface area contributed by atoms with Gasteiger partial charge in [-0.15, -0.1) is 0 Å². The van der Waals surface area contributed by atoms with Crippen LogP contribution in [0.5, 0.6) is 0 Å². The molecule has 1 atom stereocenters. The van der Waals surface area contributed by atoms with Crippen molar-refractivity contribution in [3.05, 3.63) is 17.2 Å². The van der Waals surface area contributed by atoms with Crippen molar-refractivity contribution in [2.75, 3.05) is 7.11 Å². The highest BCUT2D eigenvalue weighted by Crippen LogP contribution is 2.24. The predicted molar refractivity (Wildman–Crippen MR) is 54.5 cm³/mol. The van der Waals surface area contributed by atoms with E-state index in [1.807, 2.05) is 6.92 Å². The molecule has 0 aliphatic carbocycles. The fourth-order valence-corrected chi connectivity index (χ4v) is 1.56. The molecule has 6 heteroatoms. The summed E-state index contributed by atoms with van der Waals surface area (Å²) >= 11 is 5.80. The summed E-state index contributed by atoms with van der Waals surface area (Å²) in [7, 11) is 1.27. The number of aliphatic hydroxyl groups excluding tert-OH is 1. The third-order valence-electron chi connectivity index (χ3n) is 2.08. The minimum Gasteiger partial charge on any atom is -0.469 e. The lowest BCUT2D eigenvalue weighted by Gasteiger charge is -2.11. The number of aliphatic hydroxyl groups is 1. The Hall–Kier alpha value is -1.07. The fraction of sp³-hybridized carbons (Fsp3) is 0.556. The summed E-state index contributed by atoms with van der Waals surface area (Å²) in [6.07, 6.45) is 0.424. The zero-order valence-electron chi connectivity index (χ0n) is 8.61. The number of nitrogens with zero attached hydrogens (tertiary/aromatic N) is 2. The second-order valence-corrected chi connectivity index (χ2v) is 3.36. The maximum atomic E-state index is 11.0. The average molecular weight is 233 g/mol. The highest BCUT2D eigenvalue weighted by molar-refractivity contribution is 6.30. The van der Waals surface area contributed by atoms with Gasteiger partial charge in [0.1, 0.15) is 6.10 Å². The summed E-state index contributed by atoms with van der Waals surface area (Å²) < 4.78 is 6.15. The van der Waals surface area contributed by atoms with Gasteiger partial charge >= 0.3 is 5.97 Å². The molecule has 0 bridgehead atoms. The average Bonchev–Trinajstić information content (AvgIpc) is 2.59. The smallest absolute Gasteiger partial charge is 0.308 e. The minimum atomic E-state index is -0.979. The normalized spacial score (nSPS) is 12.5. The molecule has 0 saturated heterocycles. The highest BCUT2D eigenvalue weighted by atomic mass is 35.5. The van der Waals surface area contributed by atoms with Crippen molar-refractivity contribution in [1.29, 1.82) is 0 Å². The molecule has 0 unspecified atom stereocenters. The Labute approximate surface area is 92.6 Å². The van der Waals surface area contributed by atoms with Crippen LogP contribution in [0.2, 0.25) is 5.15 Å². The van der Waals surface area contributed by atoms with E-state index in [1.54, 1.807) is 4.57 Å². The number of aromatic nitrogens is 2. The first kappa shape index (κ1) is 12.0. The molecule has 1 N–H and O–H groups in total. The summed E-state index contributed by atoms with van der Waals surface area (Å²) in [5.74, 6) is -0.484. The monoisotopic (exact) mass is 232 g/mol. The summed E-state index contributed by atoms with van der Waals surface area (Å²) in [4.78, 5) is 14.8. The van der Waals surface area contributed by atoms with Gasteiger partial charge in [0.25, 0.3) is 0 Å². The van der Waals surface area contributed by atoms with Gasteiger partial charge in [-0.2, -0.15) is 0 Å². The number of carbonyl (C=O) groups excluding carboxylic acids is 1. The number of halogens is 1. The van der Waals surface area contributed by atoms with Gasteiger partial charge in [0.05, 0.1) is 25.6 Å². The second-order valence-electron chi connectivity index (χ2n) is 3.00. The molecule has 0 aliphatic heterocycles. The molecule has 1 aromatic heterocycles. The van der Waals surface area contributed by atoms with Gasteiger partial charge in [-0.05, 0) is 6.92 Å². The van der Waals surface area contributed by atoms with Crippen molar-refractivity contribution in [3.63, 3.8) is 0 Å². The van der Waals surface area contributed by atoms with E-state index in [2.05, 4.69) is 9.72 Å². The molecule has 5 nitrogen and oxygen atoms in total. The van der Waals surface area contributed by atoms with Gasteiger partial charge in [-0.3, -0.25) is 4.79 Å². The van der Waals surface area contributed by atoms with Crippen molar-refractivity contribution in [2.24, 2.45) is 0 Å². The third kappa shape index (κ3) is 2.70. The molecule has 0 amide bonds. The number of methoxy groups -OCH3 is 1. The first-order valence-electron chi connectivity index (χ1n) is 4.55. The number of hydrogen-bond acceptors (Lipinski definition) is 4. The Balaban J connectivity index is 2.84. The molecule has 0 aromatic carbocycles. The van der Waals surface area contributed by atoms with E-state index in [0.29, 0.717) is 12.2 Å². The van der Waals surface area contributed by atoms with E-state index in [1.165, 1.54) is 13.4 Å². The number of carbonyl (C=O) groups is 1. The SMILES string of the molecule is CCn1cnc(Cl)c1[C@@H](O)CC(=O)OC. The topological polar surface area (TPSA) is 64.3 Å². The second kappa shape index (κ2) is 5.14. The van der Waals surface area contributed by atoms with Crippen molar-refractivity contribution >= 4 is 17.6 Å². The first-order chi connectivity index (χ1) is 7.10. The quantitative estimate of drug-likeness (QED) is 0.791. The van der Waals surface area contributed by atoms with E-state index in [-0.39, 0.29) is 11.6 Å². The van der Waals surface area contributed by atoms with E-state index >= 15 is 0 Å². The third-order valence-corrected chi connectivity index (χ3v) is 2.37. The molecule has 1 heterocycles. The molecule has 1 aromatic rings. The van der Waals surface area contributed by atoms with Crippen LogP contribution in [0, 0.1) is 0 Å². The van der Waals surface area contributed by atoms with Gasteiger partial charge in [0, 0.05) is 6.54 Å². The lowest BCUT2D eigenvalue weighted by atomic mass is 10.2. The lowest BCUT2D eigenvalue weighted by Crippen LogP contribution is -2.12. The lowest BCUT2D eigenvalue weighted by molar-refractivity contribution is -0.143. The largest absolute Gasteiger partial charge is 0.469 e. The number of rotatable bonds is 4. The molecular formula is C9H13ClN2O3. The number of ether oxygens (including phenoxy) is 1. The molecule has 15 heavy (non-hydrogen) atoms. The first-order valence-corrected chi connectivity index (χ1v) is 4.93. The van der Waals surface area contributed by atoms with Crippen LogP contribution < -0.4 is 0 Å². The molecule has 0 fully saturated rings. The van der Waals surface area contributed by atoms with Crippen LogP contribution in [0.1, 0.15) is 25.1 Å². The molecule has 0 radical (unpaired) electrons. The van der Waals surface area contributed by atoms with Gasteiger partial charge < -0.3 is 14.4 Å². The molecule has 0 spiro atoms. The summed E-state index contributed by atoms with van der Waals surface area (Å²) in [5.41, 5.74) is 0.449. The molecule has 0 aliphatic rings. The zero-order chi connectivity index (χ0) is 11.4. The number of esters is 1. The Morgan fingerprint density at radius 1 is 1.80 bits per heavy atom. The van der Waals surface area contributed by atoms with Crippen molar-refractivity contribution < 1.29 is 14.6 Å². The summed E-state index contributed by atoms with van der Waals surface area (Å²) in [6.45, 7) is 2.53. The fourth-order valence-electron chi connectivity index (χ4n) is 1.29. The van der Waals surface area contributed by atoms with Crippen LogP contribution in [-0.2, 0) is 16.1 Å². The van der Waals surface area contributed by atoms with Crippen LogP contribution in [0.25, 0.3) is 0 Å². The molecule has 1 rings (SSSR count). The Kier molecular flexibility index (Phi) is 4.11. The van der Waals surface area contributed by atoms with Crippen LogP contribution >= 0.6 is 11.6 Å². The van der Waals surface area contributed by atoms with Crippen molar-refractivity contribution in [1.82, 2.24) is 9.55 Å². The van der Waals surface area contributed by atoms with Gasteiger partial charge in [-0.1, -0.05) is 11.6 Å². The standard InChI is InChI=1S/C9H13ClN2O3/c1-3-12-5-11-9(10)8(12)6(13)4-7(14)15-2/h5-6,13H,3-4H2,1-2H3/t6-/m0/s1. The van der Waals surface area contributed by atoms with E-state index in [4.69, 9.17) is 11.6 Å². The Bertz CT molecular complexity index is 351. The van der Waals surface area contributed by atoms with Crippen LogP contribution in [0.3, 0.4) is 0 Å². The summed E-state index contributed by atoms with van der Waals surface area (Å²) in [6, 6.07) is 0. The van der Waals surface area contributed by atoms with E-state index in [0.717, 1.165) is 0 Å². The van der Waals surface area contributed by atoms with Gasteiger partial charge in [-0.25, -0.2) is 4.98 Å². The number of imidazole rings is 1. The minimum absolute atomic E-state index is 0.123. The summed E-state index contributed by atoms with van der Waals surface area (Å²) in [5, 5.41) is 9.97. The van der Waals surface area contributed by atoms with Gasteiger partial charge in [0.2, 0.25) is 0 Å². The van der Waals surface area contributed by atoms with Crippen molar-refractivity contribution in [2.45, 2.75) is 26.0 Å². The van der Waals surface area contributed by atoms with Gasteiger partial charge in [0.15, 0.2) is 5.15 Å². The van der Waals surface area contributed by atoms with Crippen LogP contribution in [0.4, 0.5) is 0 Å². The maximum absolute atomic E-state index is 11.0. The number of hydrogen-bond donors (Lipinski definition) is 1. The van der Waals surface area contributed by atoms with E-state index in [9.17, 15) is 9.90 Å². The van der Waals surface area contributed by atoms with Crippen LogP contribution in [-0.4, -0.2) is 27.7 Å². The number of aryl methyl sites for hydroxylation is 1. The Morgan fingerprint density at radius 2 is 2.47 bits per heavy atom. The highest BCUT2D eigenvalue weighted by Gasteiger charge is 2.20. The van der Waals surface area contributed by atoms with Crippen LogP contribution in [0.15, 0.2) is 6.33 Å². The van der Waals surface area contributed by atoms with E-state index < -0.39 is 12.1 Å².